The Kier molecular flexibility index (Phi) is 6.00. The predicted molar refractivity (Wildman–Crippen MR) is 132 cm³/mol. The van der Waals surface area contributed by atoms with Gasteiger partial charge in [-0.1, -0.05) is 47.8 Å². The van der Waals surface area contributed by atoms with Gasteiger partial charge in [0.1, 0.15) is 17.1 Å². The van der Waals surface area contributed by atoms with E-state index < -0.39 is 0 Å². The van der Waals surface area contributed by atoms with E-state index in [1.54, 1.807) is 24.3 Å². The van der Waals surface area contributed by atoms with Crippen molar-refractivity contribution >= 4 is 70.4 Å². The maximum absolute atomic E-state index is 10.4. The number of rotatable bonds is 3. The minimum atomic E-state index is 0.134. The van der Waals surface area contributed by atoms with Crippen molar-refractivity contribution in [1.82, 2.24) is 0 Å². The van der Waals surface area contributed by atoms with Crippen LogP contribution in [0.15, 0.2) is 78.5 Å². The van der Waals surface area contributed by atoms with Gasteiger partial charge in [-0.15, -0.1) is 0 Å². The van der Waals surface area contributed by atoms with E-state index in [0.29, 0.717) is 16.9 Å². The van der Waals surface area contributed by atoms with Gasteiger partial charge in [0, 0.05) is 30.6 Å². The third-order valence-corrected chi connectivity index (χ3v) is 6.22. The van der Waals surface area contributed by atoms with Crippen LogP contribution in [0.25, 0.3) is 33.9 Å². The lowest BCUT2D eigenvalue weighted by Gasteiger charge is -2.07. The summed E-state index contributed by atoms with van der Waals surface area (Å²) in [6, 6.07) is 18.3. The lowest BCUT2D eigenvalue weighted by Crippen LogP contribution is -1.87. The van der Waals surface area contributed by atoms with Gasteiger partial charge in [-0.05, 0) is 67.1 Å². The van der Waals surface area contributed by atoms with Crippen molar-refractivity contribution in [2.24, 2.45) is 0 Å². The van der Waals surface area contributed by atoms with Crippen LogP contribution < -0.4 is 0 Å². The first-order valence-electron chi connectivity index (χ1n) is 9.04. The summed E-state index contributed by atoms with van der Waals surface area (Å²) in [5, 5.41) is 21.6. The molecule has 3 aromatic carbocycles. The van der Waals surface area contributed by atoms with Crippen molar-refractivity contribution in [1.29, 1.82) is 0 Å². The number of hydrogen-bond acceptors (Lipinski definition) is 2. The average molecular weight is 592 g/mol. The molecular weight excluding hydrogens is 576 g/mol. The summed E-state index contributed by atoms with van der Waals surface area (Å²) in [4.78, 5) is 0. The van der Waals surface area contributed by atoms with Crippen molar-refractivity contribution in [2.75, 3.05) is 0 Å². The van der Waals surface area contributed by atoms with E-state index in [-0.39, 0.29) is 11.5 Å². The van der Waals surface area contributed by atoms with Crippen LogP contribution in [0.5, 0.6) is 11.5 Å². The highest BCUT2D eigenvalue weighted by atomic mass is 79.9. The van der Waals surface area contributed by atoms with E-state index >= 15 is 0 Å². The van der Waals surface area contributed by atoms with Gasteiger partial charge in [0.2, 0.25) is 0 Å². The molecule has 4 rings (SSSR count). The molecule has 0 saturated heterocycles. The second kappa shape index (κ2) is 8.53. The highest BCUT2D eigenvalue weighted by molar-refractivity contribution is 9.11. The van der Waals surface area contributed by atoms with Crippen LogP contribution in [-0.2, 0) is 0 Å². The molecule has 2 N–H and O–H groups in total. The Bertz CT molecular complexity index is 1310. The normalized spacial score (nSPS) is 11.8. The summed E-state index contributed by atoms with van der Waals surface area (Å²) in [5.74, 6) is 0.888. The van der Waals surface area contributed by atoms with Gasteiger partial charge in [-0.2, -0.15) is 0 Å². The lowest BCUT2D eigenvalue weighted by atomic mass is 10.00. The summed E-state index contributed by atoms with van der Waals surface area (Å²) in [5.41, 5.74) is 3.81. The van der Waals surface area contributed by atoms with Crippen LogP contribution in [0.4, 0.5) is 0 Å². The zero-order valence-electron chi connectivity index (χ0n) is 15.8. The Morgan fingerprint density at radius 3 is 2.20 bits per heavy atom. The SMILES string of the molecule is C/C(=C\c1cc(-c2cc(Br)ccc2O)[o+]c2ccc(Br)cc12)c1cc(Br)ccc1O. The van der Waals surface area contributed by atoms with Crippen LogP contribution >= 0.6 is 47.8 Å². The third-order valence-electron chi connectivity index (χ3n) is 4.74. The van der Waals surface area contributed by atoms with Gasteiger partial charge in [0.25, 0.3) is 0 Å². The number of aromatic hydroxyl groups is 2. The molecule has 0 aliphatic rings. The van der Waals surface area contributed by atoms with Crippen molar-refractivity contribution in [2.45, 2.75) is 6.92 Å². The highest BCUT2D eigenvalue weighted by Crippen LogP contribution is 2.37. The van der Waals surface area contributed by atoms with E-state index in [2.05, 4.69) is 47.8 Å². The molecule has 0 amide bonds. The molecule has 6 heteroatoms. The molecule has 0 spiro atoms. The maximum atomic E-state index is 10.4. The number of phenols is 2. The third kappa shape index (κ3) is 4.31. The van der Waals surface area contributed by atoms with Crippen LogP contribution in [0, 0.1) is 0 Å². The number of phenolic OH excluding ortho intramolecular Hbond substituents is 2. The van der Waals surface area contributed by atoms with Crippen molar-refractivity contribution in [3.63, 3.8) is 0 Å². The average Bonchev–Trinajstić information content (AvgIpc) is 2.71. The smallest absolute Gasteiger partial charge is 0.365 e. The van der Waals surface area contributed by atoms with Crippen LogP contribution in [0.2, 0.25) is 0 Å². The van der Waals surface area contributed by atoms with E-state index in [9.17, 15) is 10.2 Å². The number of fused-ring (bicyclic) bond motifs is 1. The summed E-state index contributed by atoms with van der Waals surface area (Å²) >= 11 is 10.4. The van der Waals surface area contributed by atoms with E-state index in [1.165, 1.54) is 0 Å². The quantitative estimate of drug-likeness (QED) is 0.234. The second-order valence-electron chi connectivity index (χ2n) is 6.86. The zero-order chi connectivity index (χ0) is 21.4. The molecule has 0 atom stereocenters. The van der Waals surface area contributed by atoms with Gasteiger partial charge in [-0.25, -0.2) is 4.42 Å². The van der Waals surface area contributed by atoms with E-state index in [4.69, 9.17) is 4.42 Å². The minimum absolute atomic E-state index is 0.134. The summed E-state index contributed by atoms with van der Waals surface area (Å²) in [6.45, 7) is 1.95. The first-order valence-corrected chi connectivity index (χ1v) is 11.4. The predicted octanol–water partition coefficient (Wildman–Crippen LogP) is 8.64. The first kappa shape index (κ1) is 21.1. The minimum Gasteiger partial charge on any atom is -0.507 e. The van der Waals surface area contributed by atoms with Crippen molar-refractivity contribution in [3.8, 4) is 22.8 Å². The van der Waals surface area contributed by atoms with Crippen LogP contribution in [0.3, 0.4) is 0 Å². The molecule has 0 saturated carbocycles. The lowest BCUT2D eigenvalue weighted by molar-refractivity contribution is 0.473. The fourth-order valence-electron chi connectivity index (χ4n) is 3.28. The Balaban J connectivity index is 1.97. The standard InChI is InChI=1S/C24H15Br3O3/c1-13(18-10-15(25)2-5-21(18)28)8-14-9-24(20-12-16(26)3-6-22(20)29)30-23-7-4-17(27)11-19(14)23/h2-12H,1H3,(H-,28,29)/p+1/b13-8+. The first-order chi connectivity index (χ1) is 14.3. The molecule has 0 radical (unpaired) electrons. The molecule has 0 bridgehead atoms. The number of allylic oxidation sites excluding steroid dienone is 1. The van der Waals surface area contributed by atoms with Crippen LogP contribution in [-0.4, -0.2) is 10.2 Å². The molecule has 3 nitrogen and oxygen atoms in total. The van der Waals surface area contributed by atoms with Crippen LogP contribution in [0.1, 0.15) is 18.1 Å². The van der Waals surface area contributed by atoms with E-state index in [0.717, 1.165) is 35.5 Å². The maximum Gasteiger partial charge on any atom is 0.365 e. The van der Waals surface area contributed by atoms with Crippen molar-refractivity contribution in [3.05, 3.63) is 85.2 Å². The second-order valence-corrected chi connectivity index (χ2v) is 9.60. The monoisotopic (exact) mass is 589 g/mol. The molecule has 0 fully saturated rings. The number of halogens is 3. The molecule has 4 aromatic rings. The zero-order valence-corrected chi connectivity index (χ0v) is 20.5. The Labute approximate surface area is 199 Å². The van der Waals surface area contributed by atoms with Gasteiger partial charge in [0.05, 0.1) is 11.5 Å². The van der Waals surface area contributed by atoms with Gasteiger partial charge in [-0.3, -0.25) is 0 Å². The number of benzene rings is 3. The Morgan fingerprint density at radius 1 is 0.800 bits per heavy atom. The van der Waals surface area contributed by atoms with Gasteiger partial charge in [0.15, 0.2) is 0 Å². The molecule has 150 valence electrons. The highest BCUT2D eigenvalue weighted by Gasteiger charge is 2.22. The molecular formula is C24H16Br3O3+. The molecule has 0 aliphatic heterocycles. The summed E-state index contributed by atoms with van der Waals surface area (Å²) < 4.78 is 8.78. The largest absolute Gasteiger partial charge is 0.507 e. The molecule has 30 heavy (non-hydrogen) atoms. The molecule has 1 aromatic heterocycles. The number of hydrogen-bond donors (Lipinski definition) is 2. The van der Waals surface area contributed by atoms with Gasteiger partial charge >= 0.3 is 11.3 Å². The van der Waals surface area contributed by atoms with Gasteiger partial charge < -0.3 is 10.2 Å². The van der Waals surface area contributed by atoms with Crippen molar-refractivity contribution < 1.29 is 14.6 Å². The summed E-state index contributed by atoms with van der Waals surface area (Å²) in [7, 11) is 0. The van der Waals surface area contributed by atoms with E-state index in [1.807, 2.05) is 49.4 Å². The molecule has 1 heterocycles. The molecule has 0 aliphatic carbocycles. The fourth-order valence-corrected chi connectivity index (χ4v) is 4.36. The Hall–Kier alpha value is -2.15. The topological polar surface area (TPSA) is 51.8 Å². The molecule has 0 unspecified atom stereocenters. The Morgan fingerprint density at radius 2 is 1.43 bits per heavy atom. The fraction of sp³-hybridized carbons (Fsp3) is 0.0417. The summed E-state index contributed by atoms with van der Waals surface area (Å²) in [6.07, 6.45) is 2.00.